The second kappa shape index (κ2) is 5.62. The molecule has 0 saturated carbocycles. The SMILES string of the molecule is NCc1ccc(Oc2ncc(Br)cc2Br)cc1. The van der Waals surface area contributed by atoms with Gasteiger partial charge in [-0.25, -0.2) is 4.98 Å². The Labute approximate surface area is 116 Å². The van der Waals surface area contributed by atoms with Gasteiger partial charge in [-0.15, -0.1) is 0 Å². The third-order valence-corrected chi connectivity index (χ3v) is 3.15. The smallest absolute Gasteiger partial charge is 0.233 e. The van der Waals surface area contributed by atoms with Crippen LogP contribution in [0.5, 0.6) is 11.6 Å². The van der Waals surface area contributed by atoms with Crippen molar-refractivity contribution in [3.8, 4) is 11.6 Å². The molecule has 0 aliphatic heterocycles. The van der Waals surface area contributed by atoms with E-state index in [4.69, 9.17) is 10.5 Å². The van der Waals surface area contributed by atoms with Crippen molar-refractivity contribution in [2.45, 2.75) is 6.54 Å². The Hall–Kier alpha value is -0.910. The number of pyridine rings is 1. The van der Waals surface area contributed by atoms with Crippen molar-refractivity contribution < 1.29 is 4.74 Å². The summed E-state index contributed by atoms with van der Waals surface area (Å²) in [5.41, 5.74) is 6.60. The van der Waals surface area contributed by atoms with E-state index in [1.54, 1.807) is 6.20 Å². The van der Waals surface area contributed by atoms with Gasteiger partial charge in [0, 0.05) is 17.2 Å². The highest BCUT2D eigenvalue weighted by molar-refractivity contribution is 9.11. The van der Waals surface area contributed by atoms with Crippen LogP contribution in [-0.4, -0.2) is 4.98 Å². The highest BCUT2D eigenvalue weighted by Gasteiger charge is 2.04. The molecule has 0 atom stereocenters. The fraction of sp³-hybridized carbons (Fsp3) is 0.0833. The van der Waals surface area contributed by atoms with Gasteiger partial charge in [0.05, 0.1) is 4.47 Å². The fourth-order valence-electron chi connectivity index (χ4n) is 1.28. The minimum Gasteiger partial charge on any atom is -0.438 e. The van der Waals surface area contributed by atoms with Crippen LogP contribution in [0.2, 0.25) is 0 Å². The Morgan fingerprint density at radius 2 is 1.88 bits per heavy atom. The van der Waals surface area contributed by atoms with E-state index in [2.05, 4.69) is 36.8 Å². The lowest BCUT2D eigenvalue weighted by Crippen LogP contribution is -1.95. The van der Waals surface area contributed by atoms with Gasteiger partial charge in [-0.1, -0.05) is 12.1 Å². The van der Waals surface area contributed by atoms with E-state index in [1.807, 2.05) is 30.3 Å². The van der Waals surface area contributed by atoms with Crippen molar-refractivity contribution in [1.82, 2.24) is 4.98 Å². The van der Waals surface area contributed by atoms with Gasteiger partial charge >= 0.3 is 0 Å². The highest BCUT2D eigenvalue weighted by Crippen LogP contribution is 2.29. The summed E-state index contributed by atoms with van der Waals surface area (Å²) in [6.45, 7) is 0.528. The monoisotopic (exact) mass is 356 g/mol. The third-order valence-electron chi connectivity index (χ3n) is 2.15. The van der Waals surface area contributed by atoms with Gasteiger partial charge in [-0.2, -0.15) is 0 Å². The van der Waals surface area contributed by atoms with Gasteiger partial charge < -0.3 is 10.5 Å². The number of aromatic nitrogens is 1. The first-order valence-corrected chi connectivity index (χ1v) is 6.55. The van der Waals surface area contributed by atoms with Crippen LogP contribution in [0.25, 0.3) is 0 Å². The average molecular weight is 358 g/mol. The maximum Gasteiger partial charge on any atom is 0.233 e. The molecule has 0 spiro atoms. The topological polar surface area (TPSA) is 48.1 Å². The molecule has 0 saturated heterocycles. The van der Waals surface area contributed by atoms with E-state index >= 15 is 0 Å². The van der Waals surface area contributed by atoms with Crippen LogP contribution >= 0.6 is 31.9 Å². The molecule has 1 heterocycles. The second-order valence-corrected chi connectivity index (χ2v) is 5.16. The molecule has 0 aliphatic rings. The number of benzene rings is 1. The molecule has 0 amide bonds. The number of nitrogens with two attached hydrogens (primary N) is 1. The molecule has 0 radical (unpaired) electrons. The molecular weight excluding hydrogens is 348 g/mol. The largest absolute Gasteiger partial charge is 0.438 e. The fourth-order valence-corrected chi connectivity index (χ4v) is 2.35. The molecule has 1 aromatic heterocycles. The zero-order chi connectivity index (χ0) is 12.3. The summed E-state index contributed by atoms with van der Waals surface area (Å²) in [6, 6.07) is 9.50. The van der Waals surface area contributed by atoms with E-state index in [-0.39, 0.29) is 0 Å². The number of halogens is 2. The van der Waals surface area contributed by atoms with Crippen LogP contribution in [0.4, 0.5) is 0 Å². The van der Waals surface area contributed by atoms with E-state index in [0.717, 1.165) is 20.3 Å². The molecule has 0 aliphatic carbocycles. The standard InChI is InChI=1S/C12H10Br2N2O/c13-9-5-11(14)12(16-7-9)17-10-3-1-8(6-15)2-4-10/h1-5,7H,6,15H2. The third kappa shape index (κ3) is 3.28. The molecule has 0 unspecified atom stereocenters. The summed E-state index contributed by atoms with van der Waals surface area (Å²) in [5.74, 6) is 1.27. The lowest BCUT2D eigenvalue weighted by Gasteiger charge is -2.07. The van der Waals surface area contributed by atoms with Gasteiger partial charge in [-0.3, -0.25) is 0 Å². The molecule has 2 N–H and O–H groups in total. The normalized spacial score (nSPS) is 10.3. The van der Waals surface area contributed by atoms with E-state index in [1.165, 1.54) is 0 Å². The summed E-state index contributed by atoms with van der Waals surface area (Å²) >= 11 is 6.73. The second-order valence-electron chi connectivity index (χ2n) is 3.39. The molecule has 0 fully saturated rings. The van der Waals surface area contributed by atoms with Crippen LogP contribution < -0.4 is 10.5 Å². The molecule has 3 nitrogen and oxygen atoms in total. The van der Waals surface area contributed by atoms with Gasteiger partial charge in [0.1, 0.15) is 5.75 Å². The number of ether oxygens (including phenoxy) is 1. The Morgan fingerprint density at radius 1 is 1.18 bits per heavy atom. The van der Waals surface area contributed by atoms with Gasteiger partial charge in [0.15, 0.2) is 0 Å². The molecule has 2 rings (SSSR count). The van der Waals surface area contributed by atoms with Crippen LogP contribution in [0.1, 0.15) is 5.56 Å². The number of rotatable bonds is 3. The zero-order valence-electron chi connectivity index (χ0n) is 8.86. The predicted molar refractivity (Wildman–Crippen MR) is 74.0 cm³/mol. The van der Waals surface area contributed by atoms with E-state index in [0.29, 0.717) is 12.4 Å². The minimum absolute atomic E-state index is 0.528. The highest BCUT2D eigenvalue weighted by atomic mass is 79.9. The maximum absolute atomic E-state index is 5.64. The van der Waals surface area contributed by atoms with Crippen LogP contribution in [0, 0.1) is 0 Å². The van der Waals surface area contributed by atoms with Crippen molar-refractivity contribution >= 4 is 31.9 Å². The average Bonchev–Trinajstić information content (AvgIpc) is 2.34. The van der Waals surface area contributed by atoms with E-state index < -0.39 is 0 Å². The summed E-state index contributed by atoms with van der Waals surface area (Å²) in [4.78, 5) is 4.18. The van der Waals surface area contributed by atoms with Crippen LogP contribution in [0.15, 0.2) is 45.5 Å². The Morgan fingerprint density at radius 3 is 2.47 bits per heavy atom. The van der Waals surface area contributed by atoms with Crippen molar-refractivity contribution in [2.24, 2.45) is 5.73 Å². The van der Waals surface area contributed by atoms with Crippen molar-refractivity contribution in [1.29, 1.82) is 0 Å². The van der Waals surface area contributed by atoms with Gasteiger partial charge in [0.25, 0.3) is 0 Å². The molecular formula is C12H10Br2N2O. The molecule has 1 aromatic carbocycles. The maximum atomic E-state index is 5.64. The van der Waals surface area contributed by atoms with Crippen LogP contribution in [0.3, 0.4) is 0 Å². The Kier molecular flexibility index (Phi) is 4.15. The lowest BCUT2D eigenvalue weighted by atomic mass is 10.2. The molecule has 17 heavy (non-hydrogen) atoms. The Bertz CT molecular complexity index is 514. The lowest BCUT2D eigenvalue weighted by molar-refractivity contribution is 0.459. The van der Waals surface area contributed by atoms with Gasteiger partial charge in [-0.05, 0) is 55.6 Å². The van der Waals surface area contributed by atoms with E-state index in [9.17, 15) is 0 Å². The first kappa shape index (κ1) is 12.5. The molecule has 5 heteroatoms. The first-order valence-electron chi connectivity index (χ1n) is 4.97. The Balaban J connectivity index is 2.19. The molecule has 0 bridgehead atoms. The summed E-state index contributed by atoms with van der Waals surface area (Å²) < 4.78 is 7.34. The molecule has 88 valence electrons. The predicted octanol–water partition coefficient (Wildman–Crippen LogP) is 3.86. The van der Waals surface area contributed by atoms with Crippen LogP contribution in [-0.2, 0) is 6.54 Å². The molecule has 2 aromatic rings. The summed E-state index contributed by atoms with van der Waals surface area (Å²) in [5, 5.41) is 0. The quantitative estimate of drug-likeness (QED) is 0.907. The minimum atomic E-state index is 0.528. The summed E-state index contributed by atoms with van der Waals surface area (Å²) in [7, 11) is 0. The zero-order valence-corrected chi connectivity index (χ0v) is 12.0. The van der Waals surface area contributed by atoms with Crippen molar-refractivity contribution in [3.63, 3.8) is 0 Å². The number of nitrogens with zero attached hydrogens (tertiary/aromatic N) is 1. The van der Waals surface area contributed by atoms with Crippen molar-refractivity contribution in [2.75, 3.05) is 0 Å². The summed E-state index contributed by atoms with van der Waals surface area (Å²) in [6.07, 6.45) is 1.69. The number of hydrogen-bond acceptors (Lipinski definition) is 3. The first-order chi connectivity index (χ1) is 8.19. The number of hydrogen-bond donors (Lipinski definition) is 1. The van der Waals surface area contributed by atoms with Crippen molar-refractivity contribution in [3.05, 3.63) is 51.0 Å². The van der Waals surface area contributed by atoms with Gasteiger partial charge in [0.2, 0.25) is 5.88 Å².